The first-order chi connectivity index (χ1) is 12.0. The molecule has 1 amide bonds. The summed E-state index contributed by atoms with van der Waals surface area (Å²) in [5.41, 5.74) is 1.76. The van der Waals surface area contributed by atoms with Crippen molar-refractivity contribution in [3.05, 3.63) is 47.0 Å². The summed E-state index contributed by atoms with van der Waals surface area (Å²) in [7, 11) is 0. The fraction of sp³-hybridized carbons (Fsp3) is 0.474. The number of hydrogen-bond donors (Lipinski definition) is 1. The Labute approximate surface area is 154 Å². The topological polar surface area (TPSA) is 50.2 Å². The molecule has 0 atom stereocenters. The van der Waals surface area contributed by atoms with Gasteiger partial charge in [-0.15, -0.1) is 0 Å². The fourth-order valence-electron chi connectivity index (χ4n) is 3.28. The molecule has 0 spiro atoms. The van der Waals surface area contributed by atoms with Gasteiger partial charge in [0.05, 0.1) is 6.54 Å². The monoisotopic (exact) mass is 360 g/mol. The van der Waals surface area contributed by atoms with E-state index in [0.29, 0.717) is 17.5 Å². The van der Waals surface area contributed by atoms with Gasteiger partial charge in [-0.1, -0.05) is 17.7 Å². The molecule has 0 radical (unpaired) electrons. The van der Waals surface area contributed by atoms with E-state index in [-0.39, 0.29) is 5.91 Å². The van der Waals surface area contributed by atoms with Gasteiger partial charge in [-0.25, -0.2) is 4.98 Å². The third-order valence-electron chi connectivity index (χ3n) is 4.91. The third kappa shape index (κ3) is 4.83. The van der Waals surface area contributed by atoms with Crippen LogP contribution in [0, 0.1) is 19.8 Å². The maximum Gasteiger partial charge on any atom is 0.238 e. The van der Waals surface area contributed by atoms with Crippen molar-refractivity contribution < 1.29 is 4.79 Å². The Balaban J connectivity index is 1.44. The minimum absolute atomic E-state index is 0.0174. The van der Waals surface area contributed by atoms with E-state index in [9.17, 15) is 4.79 Å². The van der Waals surface area contributed by atoms with E-state index in [1.54, 1.807) is 6.07 Å². The second kappa shape index (κ2) is 8.02. The van der Waals surface area contributed by atoms with E-state index in [0.717, 1.165) is 49.6 Å². The Hall–Kier alpha value is -1.85. The van der Waals surface area contributed by atoms with Crippen molar-refractivity contribution >= 4 is 23.2 Å². The normalized spacial score (nSPS) is 16.1. The van der Waals surface area contributed by atoms with E-state index >= 15 is 0 Å². The fourth-order valence-corrected chi connectivity index (χ4v) is 3.46. The third-order valence-corrected chi connectivity index (χ3v) is 5.32. The molecular formula is C19H25ClN4O. The number of benzene rings is 1. The van der Waals surface area contributed by atoms with Crippen molar-refractivity contribution in [2.45, 2.75) is 33.2 Å². The molecular weight excluding hydrogens is 336 g/mol. The van der Waals surface area contributed by atoms with Gasteiger partial charge in [-0.05, 0) is 63.4 Å². The molecule has 2 aromatic rings. The summed E-state index contributed by atoms with van der Waals surface area (Å²) in [6.07, 6.45) is 6.12. The van der Waals surface area contributed by atoms with Gasteiger partial charge in [-0.3, -0.25) is 9.69 Å². The van der Waals surface area contributed by atoms with E-state index < -0.39 is 0 Å². The van der Waals surface area contributed by atoms with Gasteiger partial charge >= 0.3 is 0 Å². The van der Waals surface area contributed by atoms with Crippen molar-refractivity contribution in [3.63, 3.8) is 0 Å². The zero-order chi connectivity index (χ0) is 17.8. The maximum absolute atomic E-state index is 12.3. The van der Waals surface area contributed by atoms with Crippen LogP contribution in [-0.4, -0.2) is 40.0 Å². The summed E-state index contributed by atoms with van der Waals surface area (Å²) < 4.78 is 2.22. The van der Waals surface area contributed by atoms with Gasteiger partial charge in [-0.2, -0.15) is 0 Å². The Morgan fingerprint density at radius 2 is 2.08 bits per heavy atom. The molecule has 1 aliphatic rings. The first kappa shape index (κ1) is 18.0. The number of halogens is 1. The number of nitrogens with one attached hydrogen (secondary N) is 1. The number of carbonyl (C=O) groups is 1. The van der Waals surface area contributed by atoms with Crippen LogP contribution in [0.15, 0.2) is 30.6 Å². The molecule has 25 heavy (non-hydrogen) atoms. The molecule has 5 nitrogen and oxygen atoms in total. The Morgan fingerprint density at radius 3 is 2.72 bits per heavy atom. The number of piperidine rings is 1. The summed E-state index contributed by atoms with van der Waals surface area (Å²) in [6, 6.07) is 5.61. The quantitative estimate of drug-likeness (QED) is 0.887. The maximum atomic E-state index is 12.3. The number of aryl methyl sites for hydroxylation is 2. The molecule has 1 aromatic heterocycles. The van der Waals surface area contributed by atoms with Crippen LogP contribution in [0.2, 0.25) is 5.02 Å². The molecule has 134 valence electrons. The standard InChI is InChI=1S/C19H25ClN4O/c1-14-3-4-17(11-18(14)20)22-19(25)13-23-8-5-16(6-9-23)12-24-10-7-21-15(24)2/h3-4,7,10-11,16H,5-6,8-9,12-13H2,1-2H3,(H,22,25). The lowest BCUT2D eigenvalue weighted by molar-refractivity contribution is -0.117. The van der Waals surface area contributed by atoms with Gasteiger partial charge in [0, 0.05) is 29.6 Å². The average Bonchev–Trinajstić information content (AvgIpc) is 2.98. The highest BCUT2D eigenvalue weighted by atomic mass is 35.5. The minimum atomic E-state index is 0.0174. The van der Waals surface area contributed by atoms with Crippen molar-refractivity contribution in [1.82, 2.24) is 14.5 Å². The zero-order valence-corrected chi connectivity index (χ0v) is 15.6. The number of rotatable bonds is 5. The highest BCUT2D eigenvalue weighted by Crippen LogP contribution is 2.21. The number of nitrogens with zero attached hydrogens (tertiary/aromatic N) is 3. The summed E-state index contributed by atoms with van der Waals surface area (Å²) in [6.45, 7) is 7.36. The van der Waals surface area contributed by atoms with Crippen LogP contribution in [-0.2, 0) is 11.3 Å². The number of anilines is 1. The highest BCUT2D eigenvalue weighted by molar-refractivity contribution is 6.31. The summed E-state index contributed by atoms with van der Waals surface area (Å²) in [4.78, 5) is 18.8. The van der Waals surface area contributed by atoms with Crippen LogP contribution in [0.4, 0.5) is 5.69 Å². The van der Waals surface area contributed by atoms with Gasteiger partial charge < -0.3 is 9.88 Å². The van der Waals surface area contributed by atoms with Crippen LogP contribution in [0.3, 0.4) is 0 Å². The van der Waals surface area contributed by atoms with E-state index in [1.165, 1.54) is 0 Å². The predicted molar refractivity (Wildman–Crippen MR) is 101 cm³/mol. The predicted octanol–water partition coefficient (Wildman–Crippen LogP) is 3.50. The number of aromatic nitrogens is 2. The minimum Gasteiger partial charge on any atom is -0.335 e. The largest absolute Gasteiger partial charge is 0.335 e. The van der Waals surface area contributed by atoms with Crippen molar-refractivity contribution in [2.24, 2.45) is 5.92 Å². The van der Waals surface area contributed by atoms with Crippen LogP contribution in [0.5, 0.6) is 0 Å². The number of likely N-dealkylation sites (tertiary alicyclic amines) is 1. The first-order valence-corrected chi connectivity index (χ1v) is 9.15. The molecule has 1 aliphatic heterocycles. The Morgan fingerprint density at radius 1 is 1.32 bits per heavy atom. The van der Waals surface area contributed by atoms with E-state index in [2.05, 4.69) is 19.8 Å². The van der Waals surface area contributed by atoms with Gasteiger partial charge in [0.25, 0.3) is 0 Å². The van der Waals surface area contributed by atoms with Crippen LogP contribution in [0.25, 0.3) is 0 Å². The lowest BCUT2D eigenvalue weighted by atomic mass is 9.96. The SMILES string of the molecule is Cc1ccc(NC(=O)CN2CCC(Cn3ccnc3C)CC2)cc1Cl. The summed E-state index contributed by atoms with van der Waals surface area (Å²) in [5.74, 6) is 1.74. The molecule has 1 N–H and O–H groups in total. The second-order valence-corrected chi connectivity index (χ2v) is 7.27. The van der Waals surface area contributed by atoms with Crippen molar-refractivity contribution in [1.29, 1.82) is 0 Å². The molecule has 1 saturated heterocycles. The van der Waals surface area contributed by atoms with Crippen molar-refractivity contribution in [2.75, 3.05) is 25.0 Å². The number of carbonyl (C=O) groups excluding carboxylic acids is 1. The average molecular weight is 361 g/mol. The van der Waals surface area contributed by atoms with Crippen LogP contribution >= 0.6 is 11.6 Å². The Kier molecular flexibility index (Phi) is 5.76. The first-order valence-electron chi connectivity index (χ1n) is 8.77. The molecule has 1 aromatic carbocycles. The smallest absolute Gasteiger partial charge is 0.238 e. The molecule has 0 unspecified atom stereocenters. The van der Waals surface area contributed by atoms with Gasteiger partial charge in [0.15, 0.2) is 0 Å². The van der Waals surface area contributed by atoms with Crippen LogP contribution < -0.4 is 5.32 Å². The molecule has 3 rings (SSSR count). The molecule has 2 heterocycles. The second-order valence-electron chi connectivity index (χ2n) is 6.86. The van der Waals surface area contributed by atoms with E-state index in [4.69, 9.17) is 11.6 Å². The number of hydrogen-bond acceptors (Lipinski definition) is 3. The molecule has 0 saturated carbocycles. The van der Waals surface area contributed by atoms with Gasteiger partial charge in [0.2, 0.25) is 5.91 Å². The summed E-state index contributed by atoms with van der Waals surface area (Å²) in [5, 5.41) is 3.61. The zero-order valence-electron chi connectivity index (χ0n) is 14.8. The summed E-state index contributed by atoms with van der Waals surface area (Å²) >= 11 is 6.11. The highest BCUT2D eigenvalue weighted by Gasteiger charge is 2.21. The molecule has 6 heteroatoms. The molecule has 1 fully saturated rings. The van der Waals surface area contributed by atoms with Crippen LogP contribution in [0.1, 0.15) is 24.2 Å². The lowest BCUT2D eigenvalue weighted by Gasteiger charge is -2.31. The number of amides is 1. The van der Waals surface area contributed by atoms with Gasteiger partial charge in [0.1, 0.15) is 5.82 Å². The van der Waals surface area contributed by atoms with Crippen molar-refractivity contribution in [3.8, 4) is 0 Å². The molecule has 0 aliphatic carbocycles. The lowest BCUT2D eigenvalue weighted by Crippen LogP contribution is -2.40. The Bertz CT molecular complexity index is 735. The molecule has 0 bridgehead atoms. The number of imidazole rings is 1. The van der Waals surface area contributed by atoms with E-state index in [1.807, 2.05) is 38.4 Å².